The summed E-state index contributed by atoms with van der Waals surface area (Å²) < 4.78 is 27.7. The molecule has 1 aromatic heterocycles. The van der Waals surface area contributed by atoms with E-state index in [1.54, 1.807) is 0 Å². The number of carboxylic acid groups (broad SMARTS) is 1. The number of hydrogen-bond acceptors (Lipinski definition) is 3. The maximum atomic E-state index is 12.0. The molecular formula is C12H20N2O4S. The van der Waals surface area contributed by atoms with Gasteiger partial charge in [0.2, 0.25) is 10.0 Å². The van der Waals surface area contributed by atoms with Gasteiger partial charge < -0.3 is 9.67 Å². The van der Waals surface area contributed by atoms with E-state index in [0.717, 1.165) is 6.07 Å². The number of aromatic nitrogens is 1. The zero-order chi connectivity index (χ0) is 14.8. The van der Waals surface area contributed by atoms with Crippen LogP contribution < -0.4 is 4.72 Å². The fourth-order valence-electron chi connectivity index (χ4n) is 1.54. The first kappa shape index (κ1) is 15.7. The van der Waals surface area contributed by atoms with Crippen molar-refractivity contribution in [1.82, 2.24) is 9.29 Å². The zero-order valence-corrected chi connectivity index (χ0v) is 12.4. The zero-order valence-electron chi connectivity index (χ0n) is 11.6. The van der Waals surface area contributed by atoms with Crippen LogP contribution in [0.3, 0.4) is 0 Å². The van der Waals surface area contributed by atoms with Gasteiger partial charge in [0, 0.05) is 19.8 Å². The summed E-state index contributed by atoms with van der Waals surface area (Å²) >= 11 is 0. The van der Waals surface area contributed by atoms with Gasteiger partial charge in [0.05, 0.1) is 0 Å². The van der Waals surface area contributed by atoms with Gasteiger partial charge in [-0.05, 0) is 17.9 Å². The van der Waals surface area contributed by atoms with Crippen LogP contribution in [0, 0.1) is 5.41 Å². The fourth-order valence-corrected chi connectivity index (χ4v) is 2.64. The molecule has 0 fully saturated rings. The first-order valence-corrected chi connectivity index (χ1v) is 7.40. The molecule has 7 heteroatoms. The molecule has 108 valence electrons. The first-order chi connectivity index (χ1) is 8.53. The second-order valence-corrected chi connectivity index (χ2v) is 7.45. The SMILES string of the molecule is Cn1cc(S(=O)(=O)NCCC(C)(C)C)cc1C(=O)O. The third kappa shape index (κ3) is 4.36. The molecule has 0 unspecified atom stereocenters. The van der Waals surface area contributed by atoms with E-state index in [2.05, 4.69) is 4.72 Å². The molecule has 2 N–H and O–H groups in total. The number of aryl methyl sites for hydroxylation is 1. The van der Waals surface area contributed by atoms with Crippen LogP contribution in [0.5, 0.6) is 0 Å². The van der Waals surface area contributed by atoms with Crippen molar-refractivity contribution in [3.05, 3.63) is 18.0 Å². The molecule has 0 aliphatic rings. The Morgan fingerprint density at radius 1 is 1.42 bits per heavy atom. The number of hydrogen-bond donors (Lipinski definition) is 2. The Labute approximate surface area is 113 Å². The molecule has 0 aliphatic carbocycles. The highest BCUT2D eigenvalue weighted by molar-refractivity contribution is 7.89. The smallest absolute Gasteiger partial charge is 0.352 e. The molecule has 0 saturated carbocycles. The molecule has 0 aromatic carbocycles. The Bertz CT molecular complexity index is 567. The minimum atomic E-state index is -3.65. The molecule has 1 heterocycles. The van der Waals surface area contributed by atoms with E-state index < -0.39 is 16.0 Å². The maximum absolute atomic E-state index is 12.0. The van der Waals surface area contributed by atoms with Crippen molar-refractivity contribution in [3.8, 4) is 0 Å². The van der Waals surface area contributed by atoms with Gasteiger partial charge in [0.15, 0.2) is 0 Å². The average Bonchev–Trinajstić information content (AvgIpc) is 2.58. The summed E-state index contributed by atoms with van der Waals surface area (Å²) in [4.78, 5) is 10.8. The Kier molecular flexibility index (Phi) is 4.42. The standard InChI is InChI=1S/C12H20N2O4S/c1-12(2,3)5-6-13-19(17,18)9-7-10(11(15)16)14(4)8-9/h7-8,13H,5-6H2,1-4H3,(H,15,16). The second-order valence-electron chi connectivity index (χ2n) is 5.69. The summed E-state index contributed by atoms with van der Waals surface area (Å²) in [5.41, 5.74) is -0.0259. The van der Waals surface area contributed by atoms with Crippen molar-refractivity contribution in [2.75, 3.05) is 6.54 Å². The molecule has 0 atom stereocenters. The summed E-state index contributed by atoms with van der Waals surface area (Å²) in [6.07, 6.45) is 1.99. The number of nitrogens with zero attached hydrogens (tertiary/aromatic N) is 1. The average molecular weight is 288 g/mol. The summed E-state index contributed by atoms with van der Waals surface area (Å²) in [6.45, 7) is 6.38. The molecule has 0 spiro atoms. The summed E-state index contributed by atoms with van der Waals surface area (Å²) in [7, 11) is -2.15. The second kappa shape index (κ2) is 5.34. The van der Waals surface area contributed by atoms with Gasteiger partial charge >= 0.3 is 5.97 Å². The maximum Gasteiger partial charge on any atom is 0.352 e. The first-order valence-electron chi connectivity index (χ1n) is 5.92. The van der Waals surface area contributed by atoms with Crippen molar-refractivity contribution in [1.29, 1.82) is 0 Å². The molecular weight excluding hydrogens is 268 g/mol. The Hall–Kier alpha value is -1.34. The summed E-state index contributed by atoms with van der Waals surface area (Å²) in [6, 6.07) is 1.15. The van der Waals surface area contributed by atoms with Crippen LogP contribution in [-0.2, 0) is 17.1 Å². The molecule has 0 saturated heterocycles. The highest BCUT2D eigenvalue weighted by atomic mass is 32.2. The summed E-state index contributed by atoms with van der Waals surface area (Å²) in [5, 5.41) is 8.89. The molecule has 1 aromatic rings. The van der Waals surface area contributed by atoms with Crippen LogP contribution in [0.1, 0.15) is 37.7 Å². The van der Waals surface area contributed by atoms with E-state index in [9.17, 15) is 13.2 Å². The van der Waals surface area contributed by atoms with E-state index in [-0.39, 0.29) is 16.0 Å². The van der Waals surface area contributed by atoms with Crippen molar-refractivity contribution < 1.29 is 18.3 Å². The molecule has 0 amide bonds. The van der Waals surface area contributed by atoms with E-state index in [0.29, 0.717) is 13.0 Å². The number of aromatic carboxylic acids is 1. The van der Waals surface area contributed by atoms with E-state index >= 15 is 0 Å². The molecule has 6 nitrogen and oxygen atoms in total. The highest BCUT2D eigenvalue weighted by Gasteiger charge is 2.20. The van der Waals surface area contributed by atoms with Gasteiger partial charge in [-0.25, -0.2) is 17.9 Å². The molecule has 0 radical (unpaired) electrons. The van der Waals surface area contributed by atoms with Crippen LogP contribution >= 0.6 is 0 Å². The van der Waals surface area contributed by atoms with Crippen LogP contribution in [-0.4, -0.2) is 30.6 Å². The molecule has 19 heavy (non-hydrogen) atoms. The van der Waals surface area contributed by atoms with Gasteiger partial charge in [0.1, 0.15) is 10.6 Å². The fraction of sp³-hybridized carbons (Fsp3) is 0.583. The molecule has 0 bridgehead atoms. The minimum Gasteiger partial charge on any atom is -0.477 e. The number of rotatable bonds is 5. The van der Waals surface area contributed by atoms with Crippen LogP contribution in [0.25, 0.3) is 0 Å². The van der Waals surface area contributed by atoms with E-state index in [4.69, 9.17) is 5.11 Å². The third-order valence-electron chi connectivity index (χ3n) is 2.68. The number of nitrogens with one attached hydrogen (secondary N) is 1. The lowest BCUT2D eigenvalue weighted by Gasteiger charge is -2.17. The Morgan fingerprint density at radius 2 is 2.00 bits per heavy atom. The van der Waals surface area contributed by atoms with Crippen molar-refractivity contribution >= 4 is 16.0 Å². The van der Waals surface area contributed by atoms with Gasteiger partial charge in [-0.3, -0.25) is 0 Å². The van der Waals surface area contributed by atoms with Crippen molar-refractivity contribution in [3.63, 3.8) is 0 Å². The van der Waals surface area contributed by atoms with Gasteiger partial charge in [-0.15, -0.1) is 0 Å². The number of carbonyl (C=O) groups is 1. The van der Waals surface area contributed by atoms with Crippen molar-refractivity contribution in [2.24, 2.45) is 12.5 Å². The topological polar surface area (TPSA) is 88.4 Å². The van der Waals surface area contributed by atoms with Crippen molar-refractivity contribution in [2.45, 2.75) is 32.1 Å². The molecule has 1 rings (SSSR count). The number of carboxylic acids is 1. The lowest BCUT2D eigenvalue weighted by atomic mass is 9.93. The minimum absolute atomic E-state index is 0.0266. The van der Waals surface area contributed by atoms with Gasteiger partial charge in [-0.1, -0.05) is 20.8 Å². The predicted octanol–water partition coefficient (Wildman–Crippen LogP) is 1.44. The largest absolute Gasteiger partial charge is 0.477 e. The lowest BCUT2D eigenvalue weighted by Crippen LogP contribution is -2.27. The molecule has 0 aliphatic heterocycles. The Morgan fingerprint density at radius 3 is 2.42 bits per heavy atom. The predicted molar refractivity (Wildman–Crippen MR) is 71.6 cm³/mol. The van der Waals surface area contributed by atoms with Gasteiger partial charge in [-0.2, -0.15) is 0 Å². The third-order valence-corrected chi connectivity index (χ3v) is 4.10. The monoisotopic (exact) mass is 288 g/mol. The lowest BCUT2D eigenvalue weighted by molar-refractivity contribution is 0.0686. The number of sulfonamides is 1. The quantitative estimate of drug-likeness (QED) is 0.858. The highest BCUT2D eigenvalue weighted by Crippen LogP contribution is 2.18. The van der Waals surface area contributed by atoms with Crippen LogP contribution in [0.2, 0.25) is 0 Å². The Balaban J connectivity index is 2.84. The summed E-state index contributed by atoms with van der Waals surface area (Å²) in [5.74, 6) is -1.15. The normalized spacial score (nSPS) is 12.6. The van der Waals surface area contributed by atoms with Crippen LogP contribution in [0.4, 0.5) is 0 Å². The van der Waals surface area contributed by atoms with Crippen LogP contribution in [0.15, 0.2) is 17.2 Å². The van der Waals surface area contributed by atoms with E-state index in [1.807, 2.05) is 20.8 Å². The van der Waals surface area contributed by atoms with E-state index in [1.165, 1.54) is 17.8 Å². The van der Waals surface area contributed by atoms with Gasteiger partial charge in [0.25, 0.3) is 0 Å².